The van der Waals surface area contributed by atoms with Crippen LogP contribution >= 0.6 is 0 Å². The van der Waals surface area contributed by atoms with Crippen LogP contribution in [0, 0.1) is 0 Å². The SMILES string of the molecule is CCCCCCCCCCCCCCCCCCCCCCC/C=C/CC/C=C/C(O)C(COC1OC(CO)C(OC2OC(CO)C(OC3OC(CO)C(O)C(O)C3O)C(O)C2O)C(O)C1O)NC(=O)CCCCCCCCCCCCCCCCCCCCCCCCCCCCCCCCCCC. The molecule has 17 unspecified atom stereocenters. The van der Waals surface area contributed by atoms with Crippen LogP contribution in [-0.2, 0) is 33.2 Å². The van der Waals surface area contributed by atoms with E-state index in [0.717, 1.165) is 38.5 Å². The molecule has 0 saturated carbocycles. The smallest absolute Gasteiger partial charge is 0.220 e. The second-order valence-corrected chi connectivity index (χ2v) is 31.7. The molecule has 3 saturated heterocycles. The molecule has 1 amide bonds. The maximum absolute atomic E-state index is 13.5. The Morgan fingerprint density at radius 3 is 0.952 bits per heavy atom. The molecular formula is C86H163NO18. The van der Waals surface area contributed by atoms with Gasteiger partial charge in [0.15, 0.2) is 18.9 Å². The Morgan fingerprint density at radius 1 is 0.333 bits per heavy atom. The van der Waals surface area contributed by atoms with Gasteiger partial charge in [-0.25, -0.2) is 0 Å². The van der Waals surface area contributed by atoms with E-state index in [1.165, 1.54) is 315 Å². The van der Waals surface area contributed by atoms with Crippen LogP contribution in [0.5, 0.6) is 0 Å². The van der Waals surface area contributed by atoms with Crippen LogP contribution in [0.25, 0.3) is 0 Å². The Morgan fingerprint density at radius 2 is 0.610 bits per heavy atom. The van der Waals surface area contributed by atoms with Gasteiger partial charge in [-0.3, -0.25) is 4.79 Å². The van der Waals surface area contributed by atoms with Crippen LogP contribution in [-0.4, -0.2) is 193 Å². The summed E-state index contributed by atoms with van der Waals surface area (Å²) in [4.78, 5) is 13.5. The van der Waals surface area contributed by atoms with Crippen molar-refractivity contribution in [2.24, 2.45) is 0 Å². The van der Waals surface area contributed by atoms with Gasteiger partial charge in [-0.15, -0.1) is 0 Å². The van der Waals surface area contributed by atoms with Gasteiger partial charge in [0, 0.05) is 6.42 Å². The van der Waals surface area contributed by atoms with Crippen molar-refractivity contribution in [3.8, 4) is 0 Å². The number of amides is 1. The Balaban J connectivity index is 1.34. The molecule has 0 aliphatic carbocycles. The van der Waals surface area contributed by atoms with Gasteiger partial charge in [0.1, 0.15) is 73.2 Å². The molecule has 19 heteroatoms. The molecule has 12 N–H and O–H groups in total. The third-order valence-electron chi connectivity index (χ3n) is 22.3. The summed E-state index contributed by atoms with van der Waals surface area (Å²) in [6, 6.07) is -0.989. The van der Waals surface area contributed by atoms with Gasteiger partial charge in [-0.05, 0) is 32.1 Å². The number of ether oxygens (including phenoxy) is 6. The first-order valence-corrected chi connectivity index (χ1v) is 44.1. The van der Waals surface area contributed by atoms with Crippen molar-refractivity contribution in [3.05, 3.63) is 24.3 Å². The molecule has 0 radical (unpaired) electrons. The zero-order valence-electron chi connectivity index (χ0n) is 66.7. The number of carbonyl (C=O) groups is 1. The fourth-order valence-corrected chi connectivity index (χ4v) is 15.2. The largest absolute Gasteiger partial charge is 0.394 e. The zero-order valence-corrected chi connectivity index (χ0v) is 66.7. The Bertz CT molecular complexity index is 1990. The number of aliphatic hydroxyl groups is 11. The molecule has 105 heavy (non-hydrogen) atoms. The molecule has 19 nitrogen and oxygen atoms in total. The molecule has 0 aromatic carbocycles. The lowest BCUT2D eigenvalue weighted by Gasteiger charge is -2.48. The average molecular weight is 1500 g/mol. The van der Waals surface area contributed by atoms with Gasteiger partial charge >= 0.3 is 0 Å². The average Bonchev–Trinajstić information content (AvgIpc) is 0.781. The third kappa shape index (κ3) is 46.1. The van der Waals surface area contributed by atoms with Crippen LogP contribution in [0.1, 0.15) is 386 Å². The van der Waals surface area contributed by atoms with Crippen molar-refractivity contribution in [2.75, 3.05) is 26.4 Å². The molecule has 0 aromatic heterocycles. The van der Waals surface area contributed by atoms with Crippen LogP contribution in [0.4, 0.5) is 0 Å². The van der Waals surface area contributed by atoms with Crippen molar-refractivity contribution >= 4 is 5.91 Å². The summed E-state index contributed by atoms with van der Waals surface area (Å²) in [7, 11) is 0. The van der Waals surface area contributed by atoms with Crippen molar-refractivity contribution in [1.82, 2.24) is 5.32 Å². The number of hydrogen-bond acceptors (Lipinski definition) is 18. The van der Waals surface area contributed by atoms with Crippen molar-refractivity contribution in [3.63, 3.8) is 0 Å². The van der Waals surface area contributed by atoms with E-state index in [-0.39, 0.29) is 18.9 Å². The highest BCUT2D eigenvalue weighted by Crippen LogP contribution is 2.34. The topological polar surface area (TPSA) is 307 Å². The number of hydrogen-bond donors (Lipinski definition) is 12. The minimum absolute atomic E-state index is 0.241. The monoisotopic (exact) mass is 1500 g/mol. The molecule has 0 spiro atoms. The Kier molecular flexibility index (Phi) is 62.0. The van der Waals surface area contributed by atoms with E-state index in [9.17, 15) is 61.0 Å². The van der Waals surface area contributed by atoms with E-state index >= 15 is 0 Å². The fraction of sp³-hybridized carbons (Fsp3) is 0.942. The standard InChI is InChI=1S/C86H163NO18/c1-3-5-7-9-11-13-15-17-19-21-23-25-27-29-31-32-33-34-35-36-38-40-42-44-46-48-50-52-54-56-58-60-62-64-74(92)87-69(70(91)63-61-59-57-55-53-51-49-47-45-43-41-39-37-30-28-26-24-22-20-18-16-14-12-10-8-6-4-2)68-100-84-80(98)77(95)82(72(66-89)102-84)105-86-81(99)78(96)83(73(67-90)103-86)104-85-79(97)76(94)75(93)71(65-88)101-85/h53,55,61,63,69-73,75-86,88-91,93-99H,3-52,54,56-60,62,64-68H2,1-2H3,(H,87,92)/b55-53+,63-61+. The lowest BCUT2D eigenvalue weighted by atomic mass is 9.96. The Hall–Kier alpha value is -1.73. The van der Waals surface area contributed by atoms with E-state index < -0.39 is 124 Å². The molecule has 3 aliphatic heterocycles. The molecule has 3 rings (SSSR count). The van der Waals surface area contributed by atoms with Gasteiger partial charge < -0.3 is 89.9 Å². The molecule has 3 aliphatic rings. The highest BCUT2D eigenvalue weighted by Gasteiger charge is 2.54. The third-order valence-corrected chi connectivity index (χ3v) is 22.3. The number of aliphatic hydroxyl groups excluding tert-OH is 11. The lowest BCUT2D eigenvalue weighted by Crippen LogP contribution is -2.66. The minimum atomic E-state index is -1.98. The highest BCUT2D eigenvalue weighted by atomic mass is 16.8. The maximum atomic E-state index is 13.5. The second-order valence-electron chi connectivity index (χ2n) is 31.7. The quantitative estimate of drug-likeness (QED) is 0.0199. The maximum Gasteiger partial charge on any atom is 0.220 e. The van der Waals surface area contributed by atoms with E-state index in [1.807, 2.05) is 6.08 Å². The van der Waals surface area contributed by atoms with Crippen LogP contribution in [0.3, 0.4) is 0 Å². The first-order chi connectivity index (χ1) is 51.3. The van der Waals surface area contributed by atoms with Gasteiger partial charge in [-0.1, -0.05) is 372 Å². The Labute approximate surface area is 638 Å². The fourth-order valence-electron chi connectivity index (χ4n) is 15.2. The van der Waals surface area contributed by atoms with Crippen molar-refractivity contribution in [2.45, 2.75) is 491 Å². The van der Waals surface area contributed by atoms with Gasteiger partial charge in [0.2, 0.25) is 5.91 Å². The first-order valence-electron chi connectivity index (χ1n) is 44.1. The van der Waals surface area contributed by atoms with Crippen LogP contribution in [0.15, 0.2) is 24.3 Å². The van der Waals surface area contributed by atoms with Gasteiger partial charge in [0.05, 0.1) is 38.6 Å². The lowest BCUT2D eigenvalue weighted by molar-refractivity contribution is -0.379. The zero-order chi connectivity index (χ0) is 76.0. The van der Waals surface area contributed by atoms with Crippen molar-refractivity contribution < 1.29 is 89.4 Å². The van der Waals surface area contributed by atoms with E-state index in [0.29, 0.717) is 12.8 Å². The van der Waals surface area contributed by atoms with E-state index in [1.54, 1.807) is 6.08 Å². The number of unbranched alkanes of at least 4 members (excludes halogenated alkanes) is 54. The molecule has 3 fully saturated rings. The van der Waals surface area contributed by atoms with Crippen molar-refractivity contribution in [1.29, 1.82) is 0 Å². The number of allylic oxidation sites excluding steroid dienone is 3. The molecule has 0 bridgehead atoms. The summed E-state index contributed by atoms with van der Waals surface area (Å²) < 4.78 is 34.5. The van der Waals surface area contributed by atoms with Crippen LogP contribution < -0.4 is 5.32 Å². The molecule has 17 atom stereocenters. The van der Waals surface area contributed by atoms with Gasteiger partial charge in [-0.2, -0.15) is 0 Å². The summed E-state index contributed by atoms with van der Waals surface area (Å²) in [5.74, 6) is -0.276. The summed E-state index contributed by atoms with van der Waals surface area (Å²) >= 11 is 0. The van der Waals surface area contributed by atoms with Gasteiger partial charge in [0.25, 0.3) is 0 Å². The summed E-state index contributed by atoms with van der Waals surface area (Å²) in [5, 5.41) is 121. The molecule has 0 aromatic rings. The molecular weight excluding hydrogens is 1330 g/mol. The first kappa shape index (κ1) is 97.5. The number of rotatable bonds is 72. The predicted molar refractivity (Wildman–Crippen MR) is 420 cm³/mol. The number of carbonyl (C=O) groups excluding carboxylic acids is 1. The summed E-state index contributed by atoms with van der Waals surface area (Å²) in [5.41, 5.74) is 0. The highest BCUT2D eigenvalue weighted by molar-refractivity contribution is 5.76. The molecule has 620 valence electrons. The summed E-state index contributed by atoms with van der Waals surface area (Å²) in [6.45, 7) is 1.79. The second kappa shape index (κ2) is 66.8. The van der Waals surface area contributed by atoms with Crippen LogP contribution in [0.2, 0.25) is 0 Å². The minimum Gasteiger partial charge on any atom is -0.394 e. The number of nitrogens with one attached hydrogen (secondary N) is 1. The van der Waals surface area contributed by atoms with E-state index in [2.05, 4.69) is 31.3 Å². The van der Waals surface area contributed by atoms with E-state index in [4.69, 9.17) is 28.4 Å². The molecule has 3 heterocycles. The normalized spacial score (nSPS) is 25.8. The summed E-state index contributed by atoms with van der Waals surface area (Å²) in [6.07, 6.45) is 56.2. The predicted octanol–water partition coefficient (Wildman–Crippen LogP) is 16.1.